The van der Waals surface area contributed by atoms with Crippen molar-refractivity contribution in [3.8, 4) is 6.07 Å². The van der Waals surface area contributed by atoms with Gasteiger partial charge < -0.3 is 20.8 Å². The van der Waals surface area contributed by atoms with E-state index in [1.54, 1.807) is 36.9 Å². The number of thioether (sulfide) groups is 1. The van der Waals surface area contributed by atoms with Crippen LogP contribution in [0.2, 0.25) is 0 Å². The van der Waals surface area contributed by atoms with Gasteiger partial charge in [-0.25, -0.2) is 13.4 Å². The van der Waals surface area contributed by atoms with E-state index in [1.165, 1.54) is 6.07 Å². The second kappa shape index (κ2) is 14.6. The highest BCUT2D eigenvalue weighted by molar-refractivity contribution is 8.00. The molecule has 1 aromatic carbocycles. The molecule has 190 valence electrons. The highest BCUT2D eigenvalue weighted by Gasteiger charge is 2.18. The summed E-state index contributed by atoms with van der Waals surface area (Å²) in [5.41, 5.74) is 1.39. The molecule has 1 aromatic heterocycles. The van der Waals surface area contributed by atoms with Crippen molar-refractivity contribution in [2.24, 2.45) is 10.2 Å². The quantitative estimate of drug-likeness (QED) is 0.202. The van der Waals surface area contributed by atoms with E-state index in [0.717, 1.165) is 18.6 Å². The van der Waals surface area contributed by atoms with E-state index in [-0.39, 0.29) is 48.3 Å². The van der Waals surface area contributed by atoms with E-state index in [4.69, 9.17) is 5.11 Å². The maximum Gasteiger partial charge on any atom is 0.179 e. The first-order chi connectivity index (χ1) is 16.9. The minimum absolute atomic E-state index is 0.0497. The number of anilines is 2. The Morgan fingerprint density at radius 3 is 2.49 bits per heavy atom. The largest absolute Gasteiger partial charge is 0.395 e. The molecular formula is C23H32N6O4S2. The first-order valence-electron chi connectivity index (χ1n) is 11.3. The third kappa shape index (κ3) is 8.47. The second-order valence-corrected chi connectivity index (χ2v) is 10.9. The molecule has 0 amide bonds. The summed E-state index contributed by atoms with van der Waals surface area (Å²) < 4.78 is 25.5. The van der Waals surface area contributed by atoms with Gasteiger partial charge >= 0.3 is 0 Å². The summed E-state index contributed by atoms with van der Waals surface area (Å²) in [5, 5.41) is 42.3. The Morgan fingerprint density at radius 2 is 1.83 bits per heavy atom. The third-order valence-electron chi connectivity index (χ3n) is 4.92. The Labute approximate surface area is 210 Å². The van der Waals surface area contributed by atoms with Crippen molar-refractivity contribution in [2.75, 3.05) is 54.2 Å². The van der Waals surface area contributed by atoms with Crippen LogP contribution in [0, 0.1) is 18.3 Å². The van der Waals surface area contributed by atoms with Crippen LogP contribution in [0.5, 0.6) is 0 Å². The highest BCUT2D eigenvalue weighted by Crippen LogP contribution is 2.35. The lowest BCUT2D eigenvalue weighted by Gasteiger charge is -2.14. The molecule has 10 nitrogen and oxygen atoms in total. The minimum atomic E-state index is -3.45. The molecule has 35 heavy (non-hydrogen) atoms. The Bertz CT molecular complexity index is 1150. The van der Waals surface area contributed by atoms with E-state index in [0.29, 0.717) is 28.5 Å². The molecule has 0 atom stereocenters. The molecule has 0 saturated carbocycles. The van der Waals surface area contributed by atoms with Gasteiger partial charge in [-0.2, -0.15) is 22.1 Å². The highest BCUT2D eigenvalue weighted by atomic mass is 32.2. The van der Waals surface area contributed by atoms with Gasteiger partial charge in [-0.1, -0.05) is 19.4 Å². The molecule has 0 spiro atoms. The summed E-state index contributed by atoms with van der Waals surface area (Å²) >= 11 is 1.63. The molecule has 0 aliphatic carbocycles. The maximum atomic E-state index is 12.7. The minimum Gasteiger partial charge on any atom is -0.395 e. The summed E-state index contributed by atoms with van der Waals surface area (Å²) in [7, 11) is -3.45. The summed E-state index contributed by atoms with van der Waals surface area (Å²) in [6.07, 6.45) is 2.15. The number of aliphatic hydroxyl groups excluding tert-OH is 2. The molecule has 0 bridgehead atoms. The van der Waals surface area contributed by atoms with Crippen molar-refractivity contribution in [3.63, 3.8) is 0 Å². The first kappa shape index (κ1) is 28.5. The molecule has 1 heterocycles. The molecule has 0 saturated heterocycles. The van der Waals surface area contributed by atoms with Crippen molar-refractivity contribution in [1.29, 1.82) is 5.26 Å². The van der Waals surface area contributed by atoms with Crippen molar-refractivity contribution in [2.45, 2.75) is 31.6 Å². The fourth-order valence-corrected chi connectivity index (χ4v) is 5.90. The predicted octanol–water partition coefficient (Wildman–Crippen LogP) is 3.79. The number of hydrogen-bond acceptors (Lipinski definition) is 11. The van der Waals surface area contributed by atoms with Crippen molar-refractivity contribution < 1.29 is 18.6 Å². The molecule has 0 radical (unpaired) electrons. The van der Waals surface area contributed by atoms with Gasteiger partial charge in [-0.3, -0.25) is 0 Å². The maximum absolute atomic E-state index is 12.7. The summed E-state index contributed by atoms with van der Waals surface area (Å²) in [4.78, 5) is 4.56. The zero-order valence-electron chi connectivity index (χ0n) is 20.0. The van der Waals surface area contributed by atoms with Gasteiger partial charge in [0.05, 0.1) is 35.1 Å². The van der Waals surface area contributed by atoms with E-state index in [9.17, 15) is 18.8 Å². The molecular weight excluding hydrogens is 488 g/mol. The molecule has 0 fully saturated rings. The second-order valence-electron chi connectivity index (χ2n) is 7.55. The van der Waals surface area contributed by atoms with Crippen LogP contribution >= 0.6 is 11.8 Å². The number of aromatic nitrogens is 1. The number of benzene rings is 1. The molecule has 2 aromatic rings. The summed E-state index contributed by atoms with van der Waals surface area (Å²) in [6.45, 7) is 3.92. The smallest absolute Gasteiger partial charge is 0.179 e. The topological polar surface area (TPSA) is 160 Å². The normalized spacial score (nSPS) is 11.5. The van der Waals surface area contributed by atoms with Gasteiger partial charge in [-0.15, -0.1) is 5.11 Å². The van der Waals surface area contributed by atoms with Crippen LogP contribution in [0.4, 0.5) is 23.0 Å². The first-order valence-corrected chi connectivity index (χ1v) is 14.1. The standard InChI is InChI=1S/C23H32N6O4S2/c1-3-4-12-34-13-14-35(32,33)19-7-5-6-18(15-19)28-29-21-17(2)20(16-24)22(25-8-10-30)27-23(21)26-9-11-31/h5-7,15,30-31H,3-4,8-14H2,1-2H3,(H2,25,26,27). The average Bonchev–Trinajstić information content (AvgIpc) is 2.85. The SMILES string of the molecule is CCCCSCCS(=O)(=O)c1cccc(N=Nc2c(NCCO)nc(NCCO)c(C#N)c2C)c1. The lowest BCUT2D eigenvalue weighted by Crippen LogP contribution is -2.13. The average molecular weight is 521 g/mol. The molecule has 0 aliphatic heterocycles. The molecule has 0 aliphatic rings. The van der Waals surface area contributed by atoms with E-state index in [1.807, 2.05) is 0 Å². The molecule has 4 N–H and O–H groups in total. The monoisotopic (exact) mass is 520 g/mol. The Kier molecular flexibility index (Phi) is 11.9. The number of nitrogens with zero attached hydrogens (tertiary/aromatic N) is 4. The van der Waals surface area contributed by atoms with Gasteiger partial charge in [0.1, 0.15) is 17.6 Å². The Balaban J connectivity index is 2.33. The number of pyridine rings is 1. The van der Waals surface area contributed by atoms with Gasteiger partial charge in [0.25, 0.3) is 0 Å². The van der Waals surface area contributed by atoms with Crippen LogP contribution in [0.15, 0.2) is 39.4 Å². The fourth-order valence-electron chi connectivity index (χ4n) is 3.04. The zero-order valence-corrected chi connectivity index (χ0v) is 21.6. The lowest BCUT2D eigenvalue weighted by atomic mass is 10.1. The number of rotatable bonds is 15. The zero-order chi connectivity index (χ0) is 25.7. The van der Waals surface area contributed by atoms with Crippen molar-refractivity contribution in [1.82, 2.24) is 4.98 Å². The predicted molar refractivity (Wildman–Crippen MR) is 140 cm³/mol. The van der Waals surface area contributed by atoms with Gasteiger partial charge in [0.2, 0.25) is 0 Å². The Morgan fingerprint density at radius 1 is 1.11 bits per heavy atom. The summed E-state index contributed by atoms with van der Waals surface area (Å²) in [6, 6.07) is 8.36. The Hall–Kier alpha value is -2.72. The number of azo groups is 1. The molecule has 12 heteroatoms. The molecule has 0 unspecified atom stereocenters. The van der Waals surface area contributed by atoms with E-state index < -0.39 is 9.84 Å². The van der Waals surface area contributed by atoms with Crippen molar-refractivity contribution in [3.05, 3.63) is 35.4 Å². The van der Waals surface area contributed by atoms with Crippen LogP contribution in [-0.2, 0) is 9.84 Å². The van der Waals surface area contributed by atoms with E-state index >= 15 is 0 Å². The van der Waals surface area contributed by atoms with Crippen LogP contribution in [-0.4, -0.2) is 67.2 Å². The van der Waals surface area contributed by atoms with Gasteiger partial charge in [0, 0.05) is 24.4 Å². The van der Waals surface area contributed by atoms with Crippen molar-refractivity contribution >= 4 is 44.6 Å². The number of sulfone groups is 1. The molecule has 2 rings (SSSR count). The van der Waals surface area contributed by atoms with Crippen LogP contribution in [0.1, 0.15) is 30.9 Å². The number of hydrogen-bond donors (Lipinski definition) is 4. The van der Waals surface area contributed by atoms with Gasteiger partial charge in [0.15, 0.2) is 15.7 Å². The third-order valence-corrected chi connectivity index (χ3v) is 7.96. The summed E-state index contributed by atoms with van der Waals surface area (Å²) in [5.74, 6) is 2.11. The lowest BCUT2D eigenvalue weighted by molar-refractivity contribution is 0.311. The number of unbranched alkanes of at least 4 members (excludes halogenated alkanes) is 1. The number of nitriles is 1. The number of aliphatic hydroxyl groups is 2. The van der Waals surface area contributed by atoms with E-state index in [2.05, 4.69) is 38.8 Å². The van der Waals surface area contributed by atoms with Crippen LogP contribution < -0.4 is 10.6 Å². The van der Waals surface area contributed by atoms with Crippen LogP contribution in [0.3, 0.4) is 0 Å². The van der Waals surface area contributed by atoms with Gasteiger partial charge in [-0.05, 0) is 37.3 Å². The number of nitrogens with one attached hydrogen (secondary N) is 2. The fraction of sp³-hybridized carbons (Fsp3) is 0.478. The van der Waals surface area contributed by atoms with Crippen LogP contribution in [0.25, 0.3) is 0 Å².